The maximum atomic E-state index is 14.0. The third-order valence-corrected chi connectivity index (χ3v) is 2.60. The highest BCUT2D eigenvalue weighted by molar-refractivity contribution is 5.39. The fourth-order valence-corrected chi connectivity index (χ4v) is 1.87. The average molecular weight is 232 g/mol. The van der Waals surface area contributed by atoms with Gasteiger partial charge in [-0.25, -0.2) is 4.39 Å². The van der Waals surface area contributed by atoms with Crippen molar-refractivity contribution >= 4 is 0 Å². The van der Waals surface area contributed by atoms with Crippen LogP contribution in [0.25, 0.3) is 0 Å². The Bertz CT molecular complexity index is 463. The normalized spacial score (nSPS) is 24.7. The van der Waals surface area contributed by atoms with Gasteiger partial charge in [-0.2, -0.15) is 8.78 Å². The van der Waals surface area contributed by atoms with Crippen LogP contribution in [0.3, 0.4) is 0 Å². The van der Waals surface area contributed by atoms with Crippen LogP contribution < -0.4 is 4.74 Å². The van der Waals surface area contributed by atoms with E-state index in [1.54, 1.807) is 0 Å². The molecule has 88 valence electrons. The number of hydrogen-bond acceptors (Lipinski definition) is 1. The van der Waals surface area contributed by atoms with Gasteiger partial charge < -0.3 is 4.74 Å². The lowest BCUT2D eigenvalue weighted by Gasteiger charge is -2.22. The average Bonchev–Trinajstić information content (AvgIpc) is 2.19. The minimum atomic E-state index is -3.12. The zero-order valence-corrected chi connectivity index (χ0v) is 8.77. The number of rotatable bonds is 2. The molecule has 2 rings (SSSR count). The molecule has 0 heterocycles. The topological polar surface area (TPSA) is 9.23 Å². The van der Waals surface area contributed by atoms with E-state index >= 15 is 0 Å². The Morgan fingerprint density at radius 2 is 2.25 bits per heavy atom. The van der Waals surface area contributed by atoms with E-state index in [4.69, 9.17) is 2.74 Å². The first-order valence-electron chi connectivity index (χ1n) is 6.08. The second-order valence-corrected chi connectivity index (χ2v) is 3.98. The fourth-order valence-electron chi connectivity index (χ4n) is 1.87. The molecule has 1 aliphatic rings. The predicted molar refractivity (Wildman–Crippen MR) is 54.2 cm³/mol. The van der Waals surface area contributed by atoms with Crippen LogP contribution in [0.4, 0.5) is 13.2 Å². The van der Waals surface area contributed by atoms with Crippen molar-refractivity contribution < 1.29 is 20.6 Å². The smallest absolute Gasteiger partial charge is 0.387 e. The van der Waals surface area contributed by atoms with Crippen LogP contribution in [0.5, 0.6) is 5.75 Å². The van der Waals surface area contributed by atoms with Crippen molar-refractivity contribution in [1.82, 2.24) is 0 Å². The van der Waals surface area contributed by atoms with Crippen LogP contribution in [0.15, 0.2) is 12.1 Å². The number of benzene rings is 1. The number of fused-ring (bicyclic) bond motifs is 1. The van der Waals surface area contributed by atoms with Gasteiger partial charge in [0.2, 0.25) is 0 Å². The Balaban J connectivity index is 2.50. The Morgan fingerprint density at radius 3 is 2.94 bits per heavy atom. The van der Waals surface area contributed by atoms with E-state index in [-0.39, 0.29) is 17.9 Å². The van der Waals surface area contributed by atoms with Gasteiger partial charge in [-0.3, -0.25) is 0 Å². The lowest BCUT2D eigenvalue weighted by Crippen LogP contribution is -2.14. The van der Waals surface area contributed by atoms with Crippen molar-refractivity contribution in [3.8, 4) is 5.75 Å². The van der Waals surface area contributed by atoms with Crippen LogP contribution in [0, 0.1) is 11.7 Å². The molecule has 4 heteroatoms. The van der Waals surface area contributed by atoms with Gasteiger partial charge in [0.25, 0.3) is 0 Å². The van der Waals surface area contributed by atoms with Crippen molar-refractivity contribution in [1.29, 1.82) is 0 Å². The second kappa shape index (κ2) is 4.36. The first kappa shape index (κ1) is 8.90. The van der Waals surface area contributed by atoms with Gasteiger partial charge in [0.05, 0.1) is 0 Å². The van der Waals surface area contributed by atoms with E-state index in [9.17, 15) is 13.2 Å². The summed E-state index contributed by atoms with van der Waals surface area (Å²) in [7, 11) is 0. The molecular weight excluding hydrogens is 217 g/mol. The number of halogens is 3. The first-order chi connectivity index (χ1) is 8.31. The highest BCUT2D eigenvalue weighted by atomic mass is 19.3. The zero-order valence-electron chi connectivity index (χ0n) is 10.8. The van der Waals surface area contributed by atoms with E-state index in [2.05, 4.69) is 4.74 Å². The van der Waals surface area contributed by atoms with E-state index in [0.29, 0.717) is 12.0 Å². The molecule has 0 spiro atoms. The van der Waals surface area contributed by atoms with Crippen LogP contribution >= 0.6 is 0 Å². The summed E-state index contributed by atoms with van der Waals surface area (Å²) in [6, 6.07) is 2.60. The van der Waals surface area contributed by atoms with Crippen LogP contribution in [0.2, 0.25) is 0 Å². The van der Waals surface area contributed by atoms with Gasteiger partial charge in [0, 0.05) is 2.74 Å². The summed E-state index contributed by atoms with van der Waals surface area (Å²) in [5.74, 6) is -1.51. The fraction of sp³-hybridized carbons (Fsp3) is 0.500. The van der Waals surface area contributed by atoms with Gasteiger partial charge in [-0.1, -0.05) is 13.0 Å². The maximum Gasteiger partial charge on any atom is 0.387 e. The van der Waals surface area contributed by atoms with Crippen molar-refractivity contribution in [3.05, 3.63) is 29.1 Å². The molecule has 0 saturated carbocycles. The van der Waals surface area contributed by atoms with Crippen LogP contribution in [-0.4, -0.2) is 6.61 Å². The lowest BCUT2D eigenvalue weighted by molar-refractivity contribution is -0.0523. The molecule has 0 radical (unpaired) electrons. The number of ether oxygens (including phenoxy) is 1. The van der Waals surface area contributed by atoms with Gasteiger partial charge in [-0.15, -0.1) is 0 Å². The molecule has 1 aliphatic carbocycles. The summed E-state index contributed by atoms with van der Waals surface area (Å²) in [5.41, 5.74) is 0.386. The largest absolute Gasteiger partial charge is 0.432 e. The molecule has 0 bridgehead atoms. The molecule has 0 saturated heterocycles. The SMILES string of the molecule is [2H]C1([2H])CC(C)Cc2ccc(OC(F)F)c(F)c21. The summed E-state index contributed by atoms with van der Waals surface area (Å²) >= 11 is 0. The molecule has 0 amide bonds. The monoisotopic (exact) mass is 232 g/mol. The Labute approximate surface area is 95.0 Å². The minimum Gasteiger partial charge on any atom is -0.432 e. The molecule has 0 fully saturated rings. The van der Waals surface area contributed by atoms with E-state index in [0.717, 1.165) is 6.07 Å². The van der Waals surface area contributed by atoms with Gasteiger partial charge in [0.1, 0.15) is 0 Å². The Kier molecular flexibility index (Phi) is 2.42. The number of alkyl halides is 2. The molecule has 0 aliphatic heterocycles. The highest BCUT2D eigenvalue weighted by Gasteiger charge is 2.21. The minimum absolute atomic E-state index is 0.0915. The third-order valence-electron chi connectivity index (χ3n) is 2.60. The van der Waals surface area contributed by atoms with E-state index in [1.807, 2.05) is 6.92 Å². The van der Waals surface area contributed by atoms with Crippen LogP contribution in [0.1, 0.15) is 27.2 Å². The standard InChI is InChI=1S/C12H13F3O/c1-7-2-4-9-8(6-7)3-5-10(11(9)13)16-12(14)15/h3,5,7,12H,2,4,6H2,1H3/i4D2. The van der Waals surface area contributed by atoms with Crippen LogP contribution in [-0.2, 0) is 12.8 Å². The Hall–Kier alpha value is -1.19. The summed E-state index contributed by atoms with van der Waals surface area (Å²) in [6.07, 6.45) is -1.13. The van der Waals surface area contributed by atoms with Gasteiger partial charge >= 0.3 is 6.61 Å². The first-order valence-corrected chi connectivity index (χ1v) is 5.08. The molecule has 1 nitrogen and oxygen atoms in total. The molecule has 0 N–H and O–H groups in total. The lowest BCUT2D eigenvalue weighted by atomic mass is 9.84. The highest BCUT2D eigenvalue weighted by Crippen LogP contribution is 2.32. The van der Waals surface area contributed by atoms with Crippen molar-refractivity contribution in [3.63, 3.8) is 0 Å². The van der Waals surface area contributed by atoms with Crippen molar-refractivity contribution in [2.24, 2.45) is 5.92 Å². The number of hydrogen-bond donors (Lipinski definition) is 0. The van der Waals surface area contributed by atoms with E-state index < -0.39 is 24.6 Å². The summed E-state index contributed by atoms with van der Waals surface area (Å²) in [5, 5.41) is 0. The quantitative estimate of drug-likeness (QED) is 0.757. The molecule has 1 aromatic carbocycles. The third kappa shape index (κ3) is 2.15. The molecule has 1 unspecified atom stereocenters. The second-order valence-electron chi connectivity index (χ2n) is 3.98. The van der Waals surface area contributed by atoms with Crippen molar-refractivity contribution in [2.75, 3.05) is 0 Å². The summed E-state index contributed by atoms with van der Waals surface area (Å²) < 4.78 is 58.0. The Morgan fingerprint density at radius 1 is 1.50 bits per heavy atom. The zero-order chi connectivity index (χ0) is 13.5. The molecular formula is C12H13F3O. The molecule has 1 aromatic rings. The predicted octanol–water partition coefficient (Wildman–Crippen LogP) is 3.55. The summed E-state index contributed by atoms with van der Waals surface area (Å²) in [4.78, 5) is 0. The molecule has 1 atom stereocenters. The summed E-state index contributed by atoms with van der Waals surface area (Å²) in [6.45, 7) is -1.24. The molecule has 0 aromatic heterocycles. The van der Waals surface area contributed by atoms with E-state index in [1.165, 1.54) is 6.07 Å². The van der Waals surface area contributed by atoms with Crippen molar-refractivity contribution in [2.45, 2.75) is 32.7 Å². The maximum absolute atomic E-state index is 14.0. The molecule has 16 heavy (non-hydrogen) atoms. The van der Waals surface area contributed by atoms with Gasteiger partial charge in [-0.05, 0) is 42.3 Å². The van der Waals surface area contributed by atoms with Gasteiger partial charge in [0.15, 0.2) is 11.6 Å².